The molecule has 0 fully saturated rings. The zero-order valence-electron chi connectivity index (χ0n) is 8.71. The minimum absolute atomic E-state index is 0.0410. The number of nitrogens with zero attached hydrogens (tertiary/aromatic N) is 3. The third-order valence-corrected chi connectivity index (χ3v) is 3.87. The van der Waals surface area contributed by atoms with Crippen LogP contribution in [0.15, 0.2) is 35.6 Å². The zero-order chi connectivity index (χ0) is 13.2. The van der Waals surface area contributed by atoms with Crippen LogP contribution in [0, 0.1) is 0 Å². The molecule has 9 heteroatoms. The highest BCUT2D eigenvalue weighted by molar-refractivity contribution is 7.92. The number of halogens is 2. The Morgan fingerprint density at radius 1 is 1.11 bits per heavy atom. The molecule has 6 nitrogen and oxygen atoms in total. The predicted molar refractivity (Wildman–Crippen MR) is 67.1 cm³/mol. The van der Waals surface area contributed by atoms with E-state index in [1.807, 2.05) is 0 Å². The fourth-order valence-electron chi connectivity index (χ4n) is 1.13. The van der Waals surface area contributed by atoms with Crippen LogP contribution in [0.5, 0.6) is 0 Å². The van der Waals surface area contributed by atoms with E-state index in [2.05, 4.69) is 19.7 Å². The van der Waals surface area contributed by atoms with Crippen molar-refractivity contribution < 1.29 is 8.42 Å². The van der Waals surface area contributed by atoms with Crippen LogP contribution in [-0.4, -0.2) is 23.4 Å². The molecule has 0 radical (unpaired) electrons. The summed E-state index contributed by atoms with van der Waals surface area (Å²) in [6.45, 7) is 0. The summed E-state index contributed by atoms with van der Waals surface area (Å²) in [7, 11) is -3.85. The van der Waals surface area contributed by atoms with Gasteiger partial charge in [0, 0.05) is 6.20 Å². The van der Waals surface area contributed by atoms with Gasteiger partial charge in [-0.15, -0.1) is 0 Å². The van der Waals surface area contributed by atoms with E-state index < -0.39 is 10.0 Å². The molecular weight excluding hydrogens is 299 g/mol. The maximum absolute atomic E-state index is 12.0. The standard InChI is InChI=1S/C9H6Cl2N4O2S/c10-7-4-14-8(5-13-7)15-18(16,17)6-2-1-3-12-9(6)11/h1-5H,(H,14,15). The molecule has 0 unspecified atom stereocenters. The quantitative estimate of drug-likeness (QED) is 0.876. The van der Waals surface area contributed by atoms with Gasteiger partial charge in [0.2, 0.25) is 0 Å². The lowest BCUT2D eigenvalue weighted by Crippen LogP contribution is -2.14. The molecule has 0 aromatic carbocycles. The highest BCUT2D eigenvalue weighted by Crippen LogP contribution is 2.20. The second-order valence-electron chi connectivity index (χ2n) is 3.12. The molecule has 0 aliphatic heterocycles. The van der Waals surface area contributed by atoms with Gasteiger partial charge in [0.05, 0.1) is 12.4 Å². The van der Waals surface area contributed by atoms with Gasteiger partial charge in [-0.25, -0.2) is 23.4 Å². The molecule has 0 saturated heterocycles. The van der Waals surface area contributed by atoms with Crippen LogP contribution in [0.2, 0.25) is 10.3 Å². The summed E-state index contributed by atoms with van der Waals surface area (Å²) in [4.78, 5) is 11.0. The maximum atomic E-state index is 12.0. The van der Waals surface area contributed by atoms with Crippen molar-refractivity contribution in [3.63, 3.8) is 0 Å². The van der Waals surface area contributed by atoms with E-state index in [0.717, 1.165) is 0 Å². The normalized spacial score (nSPS) is 11.2. The highest BCUT2D eigenvalue weighted by atomic mass is 35.5. The first-order chi connectivity index (χ1) is 8.49. The molecule has 2 aromatic rings. The first-order valence-electron chi connectivity index (χ1n) is 4.60. The average Bonchev–Trinajstić information content (AvgIpc) is 2.32. The zero-order valence-corrected chi connectivity index (χ0v) is 11.0. The van der Waals surface area contributed by atoms with Crippen molar-refractivity contribution in [2.45, 2.75) is 4.90 Å². The molecule has 2 aromatic heterocycles. The summed E-state index contributed by atoms with van der Waals surface area (Å²) in [5, 5.41) is 0.0456. The number of pyridine rings is 1. The van der Waals surface area contributed by atoms with Gasteiger partial charge >= 0.3 is 0 Å². The van der Waals surface area contributed by atoms with Crippen molar-refractivity contribution in [2.75, 3.05) is 4.72 Å². The molecule has 0 amide bonds. The fourth-order valence-corrected chi connectivity index (χ4v) is 2.67. The van der Waals surface area contributed by atoms with Crippen molar-refractivity contribution in [2.24, 2.45) is 0 Å². The summed E-state index contributed by atoms with van der Waals surface area (Å²) < 4.78 is 26.2. The molecular formula is C9H6Cl2N4O2S. The van der Waals surface area contributed by atoms with Gasteiger partial charge in [0.25, 0.3) is 10.0 Å². The molecule has 0 atom stereocenters. The van der Waals surface area contributed by atoms with Crippen molar-refractivity contribution >= 4 is 39.0 Å². The molecule has 2 rings (SSSR count). The summed E-state index contributed by atoms with van der Waals surface area (Å²) in [5.74, 6) is 0.0410. The van der Waals surface area contributed by atoms with E-state index in [1.54, 1.807) is 0 Å². The Hall–Kier alpha value is -1.44. The van der Waals surface area contributed by atoms with Crippen molar-refractivity contribution in [1.29, 1.82) is 0 Å². The molecule has 0 saturated carbocycles. The van der Waals surface area contributed by atoms with Gasteiger partial charge in [-0.2, -0.15) is 0 Å². The van der Waals surface area contributed by atoms with Crippen molar-refractivity contribution in [3.05, 3.63) is 41.0 Å². The molecule has 0 aliphatic rings. The monoisotopic (exact) mass is 304 g/mol. The largest absolute Gasteiger partial charge is 0.266 e. The SMILES string of the molecule is O=S(=O)(Nc1cnc(Cl)cn1)c1cccnc1Cl. The van der Waals surface area contributed by atoms with E-state index in [-0.39, 0.29) is 21.0 Å². The third-order valence-electron chi connectivity index (χ3n) is 1.87. The Morgan fingerprint density at radius 3 is 2.50 bits per heavy atom. The summed E-state index contributed by atoms with van der Waals surface area (Å²) in [6.07, 6.45) is 3.82. The maximum Gasteiger partial charge on any atom is 0.266 e. The summed E-state index contributed by atoms with van der Waals surface area (Å²) in [5.41, 5.74) is 0. The number of nitrogens with one attached hydrogen (secondary N) is 1. The number of rotatable bonds is 3. The Balaban J connectivity index is 2.33. The minimum Gasteiger partial charge on any atom is -0.262 e. The number of sulfonamides is 1. The topological polar surface area (TPSA) is 84.8 Å². The van der Waals surface area contributed by atoms with E-state index in [0.29, 0.717) is 0 Å². The Morgan fingerprint density at radius 2 is 1.89 bits per heavy atom. The molecule has 94 valence electrons. The lowest BCUT2D eigenvalue weighted by molar-refractivity contribution is 0.600. The second kappa shape index (κ2) is 5.05. The Bertz CT molecular complexity index is 661. The van der Waals surface area contributed by atoms with Crippen LogP contribution in [0.1, 0.15) is 0 Å². The number of anilines is 1. The van der Waals surface area contributed by atoms with Crippen LogP contribution in [-0.2, 0) is 10.0 Å². The van der Waals surface area contributed by atoms with Gasteiger partial charge in [0.1, 0.15) is 15.2 Å². The number of hydrogen-bond acceptors (Lipinski definition) is 5. The average molecular weight is 305 g/mol. The highest BCUT2D eigenvalue weighted by Gasteiger charge is 2.19. The van der Waals surface area contributed by atoms with Gasteiger partial charge in [-0.3, -0.25) is 4.72 Å². The first-order valence-corrected chi connectivity index (χ1v) is 6.84. The summed E-state index contributed by atoms with van der Waals surface area (Å²) >= 11 is 11.3. The van der Waals surface area contributed by atoms with Crippen molar-refractivity contribution in [1.82, 2.24) is 15.0 Å². The Labute approximate surface area is 113 Å². The molecule has 0 aliphatic carbocycles. The third kappa shape index (κ3) is 2.87. The van der Waals surface area contributed by atoms with Crippen LogP contribution >= 0.6 is 23.2 Å². The van der Waals surface area contributed by atoms with Gasteiger partial charge < -0.3 is 0 Å². The van der Waals surface area contributed by atoms with E-state index in [9.17, 15) is 8.42 Å². The minimum atomic E-state index is -3.85. The summed E-state index contributed by atoms with van der Waals surface area (Å²) in [6, 6.07) is 2.80. The van der Waals surface area contributed by atoms with E-state index in [1.165, 1.54) is 30.7 Å². The Kier molecular flexibility index (Phi) is 3.65. The smallest absolute Gasteiger partial charge is 0.262 e. The van der Waals surface area contributed by atoms with Crippen molar-refractivity contribution in [3.8, 4) is 0 Å². The van der Waals surface area contributed by atoms with Gasteiger partial charge in [0.15, 0.2) is 5.82 Å². The van der Waals surface area contributed by atoms with Gasteiger partial charge in [-0.05, 0) is 12.1 Å². The molecule has 1 N–H and O–H groups in total. The lowest BCUT2D eigenvalue weighted by atomic mass is 10.5. The van der Waals surface area contributed by atoms with Crippen LogP contribution in [0.3, 0.4) is 0 Å². The number of aromatic nitrogens is 3. The van der Waals surface area contributed by atoms with Crippen LogP contribution in [0.25, 0.3) is 0 Å². The molecule has 0 spiro atoms. The predicted octanol–water partition coefficient (Wildman–Crippen LogP) is 1.98. The molecule has 0 bridgehead atoms. The molecule has 18 heavy (non-hydrogen) atoms. The lowest BCUT2D eigenvalue weighted by Gasteiger charge is -2.07. The van der Waals surface area contributed by atoms with E-state index in [4.69, 9.17) is 23.2 Å². The second-order valence-corrected chi connectivity index (χ2v) is 5.52. The molecule has 2 heterocycles. The van der Waals surface area contributed by atoms with Crippen LogP contribution < -0.4 is 4.72 Å². The van der Waals surface area contributed by atoms with Gasteiger partial charge in [-0.1, -0.05) is 23.2 Å². The first kappa shape index (κ1) is 13.0. The van der Waals surface area contributed by atoms with E-state index >= 15 is 0 Å². The van der Waals surface area contributed by atoms with Crippen LogP contribution in [0.4, 0.5) is 5.82 Å². The number of hydrogen-bond donors (Lipinski definition) is 1. The fraction of sp³-hybridized carbons (Fsp3) is 0.